The molecule has 0 fully saturated rings. The van der Waals surface area contributed by atoms with E-state index < -0.39 is 0 Å². The van der Waals surface area contributed by atoms with Gasteiger partial charge in [0.2, 0.25) is 0 Å². The van der Waals surface area contributed by atoms with Crippen LogP contribution >= 0.6 is 0 Å². The highest BCUT2D eigenvalue weighted by atomic mass is 14.8. The normalized spacial score (nSPS) is 17.8. The van der Waals surface area contributed by atoms with Gasteiger partial charge in [0.25, 0.3) is 0 Å². The van der Waals surface area contributed by atoms with E-state index in [-0.39, 0.29) is 16.7 Å². The molecule has 2 atom stereocenters. The van der Waals surface area contributed by atoms with Crippen molar-refractivity contribution in [3.8, 4) is 0 Å². The zero-order valence-electron chi connectivity index (χ0n) is 31.9. The first-order valence-electron chi connectivity index (χ1n) is 18.7. The highest BCUT2D eigenvalue weighted by Gasteiger charge is 2.37. The largest absolute Gasteiger partial charge is 0.248 e. The molecule has 0 aliphatic heterocycles. The molecule has 0 amide bonds. The lowest BCUT2D eigenvalue weighted by Crippen LogP contribution is -2.20. The van der Waals surface area contributed by atoms with Crippen LogP contribution in [0.3, 0.4) is 0 Å². The molecule has 0 N–H and O–H groups in total. The Morgan fingerprint density at radius 3 is 1.81 bits per heavy atom. The summed E-state index contributed by atoms with van der Waals surface area (Å²) in [4.78, 5) is 5.38. The van der Waals surface area contributed by atoms with Gasteiger partial charge in [-0.2, -0.15) is 0 Å². The topological polar surface area (TPSA) is 12.4 Å². The number of aliphatic imine (C=N–C) groups is 1. The van der Waals surface area contributed by atoms with Gasteiger partial charge < -0.3 is 0 Å². The van der Waals surface area contributed by atoms with Gasteiger partial charge in [-0.05, 0) is 85.8 Å². The molecule has 260 valence electrons. The SMILES string of the molecule is C=C(/N=C(\C(=C(/C)c1ccccc1)c1ccccc1)c1ccc(C2C3=C(CC(C(C)(C)C)C=C3)c3cc(C(C)(C)C)ccc32)cc1)c1ccccc1. The first-order chi connectivity index (χ1) is 24.9. The van der Waals surface area contributed by atoms with Gasteiger partial charge in [0, 0.05) is 17.1 Å². The fraction of sp³-hybridized carbons (Fsp3) is 0.235. The van der Waals surface area contributed by atoms with Crippen LogP contribution in [0.2, 0.25) is 0 Å². The van der Waals surface area contributed by atoms with E-state index in [1.807, 2.05) is 18.2 Å². The molecule has 0 saturated heterocycles. The number of hydrogen-bond acceptors (Lipinski definition) is 1. The second-order valence-corrected chi connectivity index (χ2v) is 16.6. The predicted molar refractivity (Wildman–Crippen MR) is 224 cm³/mol. The summed E-state index contributed by atoms with van der Waals surface area (Å²) >= 11 is 0. The quantitative estimate of drug-likeness (QED) is 0.120. The van der Waals surface area contributed by atoms with Crippen molar-refractivity contribution >= 4 is 28.1 Å². The summed E-state index contributed by atoms with van der Waals surface area (Å²) in [5, 5.41) is 0. The van der Waals surface area contributed by atoms with Crippen molar-refractivity contribution in [3.63, 3.8) is 0 Å². The van der Waals surface area contributed by atoms with Crippen LogP contribution in [0.1, 0.15) is 105 Å². The van der Waals surface area contributed by atoms with Crippen LogP contribution in [0.25, 0.3) is 22.4 Å². The van der Waals surface area contributed by atoms with Crippen molar-refractivity contribution in [1.82, 2.24) is 0 Å². The van der Waals surface area contributed by atoms with Gasteiger partial charge in [0.1, 0.15) is 0 Å². The minimum Gasteiger partial charge on any atom is -0.248 e. The maximum absolute atomic E-state index is 5.38. The molecule has 5 aromatic rings. The van der Waals surface area contributed by atoms with Crippen LogP contribution in [0.4, 0.5) is 0 Å². The smallest absolute Gasteiger partial charge is 0.0790 e. The summed E-state index contributed by atoms with van der Waals surface area (Å²) in [6.45, 7) is 20.7. The van der Waals surface area contributed by atoms with Crippen LogP contribution < -0.4 is 0 Å². The summed E-state index contributed by atoms with van der Waals surface area (Å²) in [7, 11) is 0. The second kappa shape index (κ2) is 14.0. The molecule has 0 saturated carbocycles. The molecule has 2 aliphatic carbocycles. The molecular weight excluding hydrogens is 627 g/mol. The van der Waals surface area contributed by atoms with E-state index in [9.17, 15) is 0 Å². The van der Waals surface area contributed by atoms with Gasteiger partial charge in [-0.1, -0.05) is 194 Å². The molecule has 2 unspecified atom stereocenters. The molecular formula is C51H51N. The lowest BCUT2D eigenvalue weighted by atomic mass is 9.73. The summed E-state index contributed by atoms with van der Waals surface area (Å²) < 4.78 is 0. The number of hydrogen-bond donors (Lipinski definition) is 0. The van der Waals surface area contributed by atoms with Gasteiger partial charge in [0.15, 0.2) is 0 Å². The zero-order chi connectivity index (χ0) is 36.6. The van der Waals surface area contributed by atoms with Crippen molar-refractivity contribution in [1.29, 1.82) is 0 Å². The van der Waals surface area contributed by atoms with E-state index in [1.165, 1.54) is 44.5 Å². The molecule has 1 nitrogen and oxygen atoms in total. The maximum atomic E-state index is 5.38. The number of allylic oxidation sites excluding steroid dienone is 6. The minimum absolute atomic E-state index is 0.0881. The van der Waals surface area contributed by atoms with Gasteiger partial charge in [-0.15, -0.1) is 0 Å². The Morgan fingerprint density at radius 2 is 1.23 bits per heavy atom. The third-order valence-electron chi connectivity index (χ3n) is 11.0. The Labute approximate surface area is 311 Å². The predicted octanol–water partition coefficient (Wildman–Crippen LogP) is 13.6. The third kappa shape index (κ3) is 6.98. The van der Waals surface area contributed by atoms with Crippen molar-refractivity contribution in [2.24, 2.45) is 16.3 Å². The van der Waals surface area contributed by atoms with Gasteiger partial charge in [0.05, 0.1) is 11.4 Å². The van der Waals surface area contributed by atoms with E-state index in [2.05, 4.69) is 182 Å². The van der Waals surface area contributed by atoms with Crippen molar-refractivity contribution in [2.45, 2.75) is 66.2 Å². The number of nitrogens with zero attached hydrogens (tertiary/aromatic N) is 1. The summed E-state index contributed by atoms with van der Waals surface area (Å²) in [6, 6.07) is 48.1. The highest BCUT2D eigenvalue weighted by Crippen LogP contribution is 2.53. The second-order valence-electron chi connectivity index (χ2n) is 16.6. The van der Waals surface area contributed by atoms with Crippen LogP contribution in [-0.2, 0) is 5.41 Å². The summed E-state index contributed by atoms with van der Waals surface area (Å²) in [5.74, 6) is 0.700. The summed E-state index contributed by atoms with van der Waals surface area (Å²) in [6.07, 6.45) is 5.99. The van der Waals surface area contributed by atoms with Crippen LogP contribution in [0.15, 0.2) is 163 Å². The van der Waals surface area contributed by atoms with Gasteiger partial charge >= 0.3 is 0 Å². The lowest BCUT2D eigenvalue weighted by molar-refractivity contribution is 0.296. The molecule has 7 rings (SSSR count). The Hall–Kier alpha value is -5.27. The molecule has 0 bridgehead atoms. The highest BCUT2D eigenvalue weighted by molar-refractivity contribution is 6.37. The Bertz CT molecular complexity index is 2210. The first kappa shape index (κ1) is 35.1. The summed E-state index contributed by atoms with van der Waals surface area (Å²) in [5.41, 5.74) is 17.1. The Morgan fingerprint density at radius 1 is 0.654 bits per heavy atom. The monoisotopic (exact) mass is 677 g/mol. The fourth-order valence-electron chi connectivity index (χ4n) is 7.82. The Kier molecular flexibility index (Phi) is 9.49. The number of benzene rings is 5. The molecule has 5 aromatic carbocycles. The average molecular weight is 678 g/mol. The van der Waals surface area contributed by atoms with Crippen LogP contribution in [0, 0.1) is 11.3 Å². The molecule has 0 aromatic heterocycles. The fourth-order valence-corrected chi connectivity index (χ4v) is 7.82. The molecule has 1 heteroatoms. The van der Waals surface area contributed by atoms with Crippen LogP contribution in [-0.4, -0.2) is 5.71 Å². The van der Waals surface area contributed by atoms with E-state index in [1.54, 1.807) is 0 Å². The van der Waals surface area contributed by atoms with E-state index >= 15 is 0 Å². The van der Waals surface area contributed by atoms with Crippen molar-refractivity contribution in [3.05, 3.63) is 202 Å². The molecule has 0 heterocycles. The van der Waals surface area contributed by atoms with Gasteiger partial charge in [-0.3, -0.25) is 0 Å². The molecule has 0 spiro atoms. The zero-order valence-corrected chi connectivity index (χ0v) is 31.9. The van der Waals surface area contributed by atoms with Crippen molar-refractivity contribution < 1.29 is 0 Å². The third-order valence-corrected chi connectivity index (χ3v) is 11.0. The molecule has 2 aliphatic rings. The van der Waals surface area contributed by atoms with E-state index in [0.29, 0.717) is 5.92 Å². The van der Waals surface area contributed by atoms with E-state index in [4.69, 9.17) is 4.99 Å². The maximum Gasteiger partial charge on any atom is 0.0790 e. The molecule has 52 heavy (non-hydrogen) atoms. The minimum atomic E-state index is 0.0881. The number of fused-ring (bicyclic) bond motifs is 2. The Balaban J connectivity index is 1.37. The number of rotatable bonds is 7. The average Bonchev–Trinajstić information content (AvgIpc) is 3.48. The van der Waals surface area contributed by atoms with Crippen LogP contribution in [0.5, 0.6) is 0 Å². The van der Waals surface area contributed by atoms with E-state index in [0.717, 1.165) is 40.1 Å². The molecule has 0 radical (unpaired) electrons. The lowest BCUT2D eigenvalue weighted by Gasteiger charge is -2.32. The van der Waals surface area contributed by atoms with Gasteiger partial charge in [-0.25, -0.2) is 4.99 Å². The van der Waals surface area contributed by atoms with Crippen molar-refractivity contribution in [2.75, 3.05) is 0 Å². The first-order valence-corrected chi connectivity index (χ1v) is 18.7. The standard InChI is InChI=1S/C51H51N/c1-34(36-18-12-9-13-19-36)47(38-22-16-11-17-23-38)49(52-35(2)37-20-14-10-15-21-37)40-26-24-39(25-27-40)48-43-30-28-41(50(3,4)5)32-45(43)46-33-42(51(6,7)8)29-31-44(46)48/h9-32,42,48H,2,33H2,1,3-8H3/b47-34+,52-49-.